The summed E-state index contributed by atoms with van der Waals surface area (Å²) in [7, 11) is 0. The Morgan fingerprint density at radius 3 is 3.00 bits per heavy atom. The first-order chi connectivity index (χ1) is 5.77. The summed E-state index contributed by atoms with van der Waals surface area (Å²) in [5.41, 5.74) is 2.30. The summed E-state index contributed by atoms with van der Waals surface area (Å²) in [5.74, 6) is 0. The Bertz CT molecular complexity index is 345. The summed E-state index contributed by atoms with van der Waals surface area (Å²) >= 11 is 0. The molecule has 0 amide bonds. The van der Waals surface area contributed by atoms with Gasteiger partial charge in [-0.3, -0.25) is 0 Å². The molecular formula is C10H9NO. The Morgan fingerprint density at radius 1 is 1.33 bits per heavy atom. The second kappa shape index (κ2) is 2.57. The number of rotatable bonds is 0. The lowest BCUT2D eigenvalue weighted by atomic mass is 9.91. The molecule has 0 fully saturated rings. The van der Waals surface area contributed by atoms with Gasteiger partial charge in [0.05, 0.1) is 11.8 Å². The van der Waals surface area contributed by atoms with E-state index in [0.717, 1.165) is 11.1 Å². The molecule has 2 N–H and O–H groups in total. The van der Waals surface area contributed by atoms with Gasteiger partial charge in [0.1, 0.15) is 0 Å². The first kappa shape index (κ1) is 7.25. The van der Waals surface area contributed by atoms with Gasteiger partial charge in [-0.2, -0.15) is 0 Å². The van der Waals surface area contributed by atoms with Crippen molar-refractivity contribution >= 4 is 5.71 Å². The minimum Gasteiger partial charge on any atom is -0.385 e. The van der Waals surface area contributed by atoms with E-state index in [-0.39, 0.29) is 0 Å². The molecular weight excluding hydrogens is 150 g/mol. The second-order valence-corrected chi connectivity index (χ2v) is 2.82. The average molecular weight is 159 g/mol. The van der Waals surface area contributed by atoms with Gasteiger partial charge in [0.25, 0.3) is 0 Å². The van der Waals surface area contributed by atoms with Crippen molar-refractivity contribution in [3.8, 4) is 0 Å². The maximum atomic E-state index is 9.25. The van der Waals surface area contributed by atoms with Crippen LogP contribution in [0, 0.1) is 5.41 Å². The molecule has 0 spiro atoms. The summed E-state index contributed by atoms with van der Waals surface area (Å²) in [4.78, 5) is 0. The largest absolute Gasteiger partial charge is 0.385 e. The number of fused-ring (bicyclic) bond motifs is 1. The fourth-order valence-electron chi connectivity index (χ4n) is 1.34. The lowest BCUT2D eigenvalue weighted by Gasteiger charge is -2.16. The minimum atomic E-state index is -0.538. The number of allylic oxidation sites excluding steroid dienone is 6. The molecule has 0 saturated heterocycles. The minimum absolute atomic E-state index is 0.468. The van der Waals surface area contributed by atoms with Crippen molar-refractivity contribution in [3.63, 3.8) is 0 Å². The predicted molar refractivity (Wildman–Crippen MR) is 48.2 cm³/mol. The number of hydrogen-bond acceptors (Lipinski definition) is 2. The summed E-state index contributed by atoms with van der Waals surface area (Å²) in [6, 6.07) is 0. The third-order valence-corrected chi connectivity index (χ3v) is 1.95. The van der Waals surface area contributed by atoms with Gasteiger partial charge in [-0.25, -0.2) is 0 Å². The van der Waals surface area contributed by atoms with Crippen molar-refractivity contribution in [2.45, 2.75) is 6.10 Å². The van der Waals surface area contributed by atoms with Crippen LogP contribution in [0.3, 0.4) is 0 Å². The van der Waals surface area contributed by atoms with Crippen molar-refractivity contribution in [2.75, 3.05) is 0 Å². The molecule has 2 aliphatic carbocycles. The fraction of sp³-hybridized carbons (Fsp3) is 0.100. The van der Waals surface area contributed by atoms with Gasteiger partial charge < -0.3 is 10.5 Å². The van der Waals surface area contributed by atoms with Crippen LogP contribution in [-0.4, -0.2) is 16.9 Å². The van der Waals surface area contributed by atoms with Gasteiger partial charge in [-0.15, -0.1) is 0 Å². The summed E-state index contributed by atoms with van der Waals surface area (Å²) < 4.78 is 0. The molecule has 0 heterocycles. The van der Waals surface area contributed by atoms with Crippen LogP contribution in [0.2, 0.25) is 0 Å². The first-order valence-electron chi connectivity index (χ1n) is 3.83. The average Bonchev–Trinajstić information content (AvgIpc) is 2.07. The number of aliphatic hydroxyl groups is 1. The van der Waals surface area contributed by atoms with Gasteiger partial charge in [-0.1, -0.05) is 24.3 Å². The van der Waals surface area contributed by atoms with E-state index >= 15 is 0 Å². The molecule has 0 aliphatic heterocycles. The van der Waals surface area contributed by atoms with Gasteiger partial charge in [0, 0.05) is 5.57 Å². The Labute approximate surface area is 70.7 Å². The van der Waals surface area contributed by atoms with Gasteiger partial charge in [0.15, 0.2) is 0 Å². The quantitative estimate of drug-likeness (QED) is 0.550. The van der Waals surface area contributed by atoms with Crippen LogP contribution in [0.15, 0.2) is 47.6 Å². The van der Waals surface area contributed by atoms with Crippen molar-refractivity contribution in [1.82, 2.24) is 0 Å². The zero-order chi connectivity index (χ0) is 8.55. The standard InChI is InChI=1S/C10H9NO/c11-10-3-1-2-7-4-5-8(12)6-9(7)10/h1-6,8,11-12H. The number of hydrogen-bond donors (Lipinski definition) is 2. The molecule has 2 nitrogen and oxygen atoms in total. The summed E-state index contributed by atoms with van der Waals surface area (Å²) in [5, 5.41) is 16.8. The van der Waals surface area contributed by atoms with Crippen LogP contribution in [0.1, 0.15) is 0 Å². The maximum absolute atomic E-state index is 9.25. The van der Waals surface area contributed by atoms with Crippen molar-refractivity contribution in [2.24, 2.45) is 0 Å². The molecule has 0 saturated carbocycles. The molecule has 0 aromatic heterocycles. The van der Waals surface area contributed by atoms with E-state index in [1.54, 1.807) is 18.2 Å². The van der Waals surface area contributed by atoms with E-state index in [9.17, 15) is 5.11 Å². The molecule has 2 aliphatic rings. The summed E-state index contributed by atoms with van der Waals surface area (Å²) in [6.07, 6.45) is 10.2. The topological polar surface area (TPSA) is 44.1 Å². The van der Waals surface area contributed by atoms with Crippen LogP contribution < -0.4 is 0 Å². The first-order valence-corrected chi connectivity index (χ1v) is 3.83. The van der Waals surface area contributed by atoms with Crippen molar-refractivity contribution < 1.29 is 5.11 Å². The molecule has 2 rings (SSSR count). The molecule has 1 unspecified atom stereocenters. The highest BCUT2D eigenvalue weighted by molar-refractivity contribution is 6.11. The maximum Gasteiger partial charge on any atom is 0.0915 e. The van der Waals surface area contributed by atoms with E-state index in [1.165, 1.54) is 0 Å². The molecule has 2 heteroatoms. The smallest absolute Gasteiger partial charge is 0.0915 e. The SMILES string of the molecule is N=C1C=CC=C2C=CC(O)C=C12. The third-order valence-electron chi connectivity index (χ3n) is 1.95. The van der Waals surface area contributed by atoms with Gasteiger partial charge in [-0.05, 0) is 17.7 Å². The van der Waals surface area contributed by atoms with E-state index in [0.29, 0.717) is 5.71 Å². The zero-order valence-electron chi connectivity index (χ0n) is 6.49. The van der Waals surface area contributed by atoms with Crippen LogP contribution >= 0.6 is 0 Å². The lowest BCUT2D eigenvalue weighted by Crippen LogP contribution is -2.12. The molecule has 0 radical (unpaired) electrons. The normalized spacial score (nSPS) is 26.4. The highest BCUT2D eigenvalue weighted by Gasteiger charge is 2.14. The number of aliphatic hydroxyl groups excluding tert-OH is 1. The third kappa shape index (κ3) is 1.06. The Hall–Kier alpha value is -1.41. The van der Waals surface area contributed by atoms with E-state index < -0.39 is 6.10 Å². The predicted octanol–water partition coefficient (Wildman–Crippen LogP) is 1.36. The Balaban J connectivity index is 2.46. The highest BCUT2D eigenvalue weighted by Crippen LogP contribution is 2.22. The van der Waals surface area contributed by atoms with Gasteiger partial charge in [0.2, 0.25) is 0 Å². The van der Waals surface area contributed by atoms with Crippen LogP contribution in [0.5, 0.6) is 0 Å². The van der Waals surface area contributed by atoms with Crippen molar-refractivity contribution in [3.05, 3.63) is 47.6 Å². The zero-order valence-corrected chi connectivity index (χ0v) is 6.49. The molecule has 60 valence electrons. The van der Waals surface area contributed by atoms with E-state index in [1.807, 2.05) is 18.2 Å². The fourth-order valence-corrected chi connectivity index (χ4v) is 1.34. The van der Waals surface area contributed by atoms with Crippen LogP contribution in [0.25, 0.3) is 0 Å². The van der Waals surface area contributed by atoms with Gasteiger partial charge >= 0.3 is 0 Å². The summed E-state index contributed by atoms with van der Waals surface area (Å²) in [6.45, 7) is 0. The van der Waals surface area contributed by atoms with E-state index in [4.69, 9.17) is 5.41 Å². The van der Waals surface area contributed by atoms with Crippen LogP contribution in [-0.2, 0) is 0 Å². The van der Waals surface area contributed by atoms with Crippen molar-refractivity contribution in [1.29, 1.82) is 5.41 Å². The Morgan fingerprint density at radius 2 is 2.17 bits per heavy atom. The Kier molecular flexibility index (Phi) is 1.55. The molecule has 1 atom stereocenters. The lowest BCUT2D eigenvalue weighted by molar-refractivity contribution is 0.270. The number of nitrogens with one attached hydrogen (secondary N) is 1. The monoisotopic (exact) mass is 159 g/mol. The molecule has 0 aromatic carbocycles. The second-order valence-electron chi connectivity index (χ2n) is 2.82. The molecule has 0 bridgehead atoms. The highest BCUT2D eigenvalue weighted by atomic mass is 16.3. The molecule has 12 heavy (non-hydrogen) atoms. The van der Waals surface area contributed by atoms with E-state index in [2.05, 4.69) is 0 Å². The van der Waals surface area contributed by atoms with Crippen LogP contribution in [0.4, 0.5) is 0 Å². The molecule has 0 aromatic rings.